The number of fused-ring (bicyclic) bond motifs is 1. The zero-order valence-electron chi connectivity index (χ0n) is 15.5. The number of halogens is 1. The minimum Gasteiger partial charge on any atom is -0.495 e. The van der Waals surface area contributed by atoms with E-state index >= 15 is 0 Å². The van der Waals surface area contributed by atoms with Gasteiger partial charge in [0.15, 0.2) is 5.13 Å². The van der Waals surface area contributed by atoms with Crippen LogP contribution in [0, 0.1) is 0 Å². The molecule has 2 aromatic carbocycles. The van der Waals surface area contributed by atoms with Crippen LogP contribution in [-0.2, 0) is 16.0 Å². The normalized spacial score (nSPS) is 10.7. The zero-order chi connectivity index (χ0) is 20.1. The van der Waals surface area contributed by atoms with Gasteiger partial charge in [0.1, 0.15) is 5.75 Å². The van der Waals surface area contributed by atoms with Crippen molar-refractivity contribution in [3.8, 4) is 5.75 Å². The van der Waals surface area contributed by atoms with E-state index in [1.165, 1.54) is 18.4 Å². The van der Waals surface area contributed by atoms with Crippen LogP contribution in [0.25, 0.3) is 10.2 Å². The molecule has 28 heavy (non-hydrogen) atoms. The number of thiazole rings is 1. The second-order valence-electron chi connectivity index (χ2n) is 6.19. The van der Waals surface area contributed by atoms with Crippen molar-refractivity contribution in [1.29, 1.82) is 0 Å². The molecule has 0 atom stereocenters. The third-order valence-electron chi connectivity index (χ3n) is 3.98. The monoisotopic (exact) mass is 417 g/mol. The lowest BCUT2D eigenvalue weighted by molar-refractivity contribution is -0.116. The number of nitrogens with zero attached hydrogens (tertiary/aromatic N) is 1. The Bertz CT molecular complexity index is 1020. The highest BCUT2D eigenvalue weighted by molar-refractivity contribution is 7.22. The van der Waals surface area contributed by atoms with Gasteiger partial charge in [-0.3, -0.25) is 9.59 Å². The van der Waals surface area contributed by atoms with Crippen LogP contribution < -0.4 is 15.4 Å². The molecule has 0 unspecified atom stereocenters. The van der Waals surface area contributed by atoms with E-state index in [9.17, 15) is 9.59 Å². The molecular weight excluding hydrogens is 398 g/mol. The Balaban J connectivity index is 1.67. The smallest absolute Gasteiger partial charge is 0.228 e. The van der Waals surface area contributed by atoms with Gasteiger partial charge in [0.2, 0.25) is 11.8 Å². The summed E-state index contributed by atoms with van der Waals surface area (Å²) >= 11 is 7.48. The Hall–Kier alpha value is -2.64. The molecule has 2 amide bonds. The molecule has 3 rings (SSSR count). The molecule has 3 aromatic rings. The molecule has 6 nitrogen and oxygen atoms in total. The average molecular weight is 418 g/mol. The maximum absolute atomic E-state index is 12.4. The summed E-state index contributed by atoms with van der Waals surface area (Å²) in [6.07, 6.45) is 1.47. The van der Waals surface area contributed by atoms with Gasteiger partial charge in [-0.05, 0) is 42.3 Å². The minimum absolute atomic E-state index is 0.0423. The van der Waals surface area contributed by atoms with E-state index in [2.05, 4.69) is 15.6 Å². The number of carbonyl (C=O) groups excluding carboxylic acids is 2. The third-order valence-corrected chi connectivity index (χ3v) is 5.21. The van der Waals surface area contributed by atoms with Crippen molar-refractivity contribution in [3.63, 3.8) is 0 Å². The number of nitrogens with one attached hydrogen (secondary N) is 2. The molecule has 0 aliphatic carbocycles. The molecule has 0 aliphatic heterocycles. The predicted octanol–water partition coefficient (Wildman–Crippen LogP) is 4.88. The topological polar surface area (TPSA) is 80.3 Å². The van der Waals surface area contributed by atoms with Crippen molar-refractivity contribution in [3.05, 3.63) is 47.0 Å². The molecule has 1 aromatic heterocycles. The van der Waals surface area contributed by atoms with Crippen molar-refractivity contribution in [2.45, 2.75) is 26.2 Å². The molecule has 1 heterocycles. The number of benzene rings is 2. The number of hydrogen-bond acceptors (Lipinski definition) is 5. The van der Waals surface area contributed by atoms with Crippen molar-refractivity contribution < 1.29 is 14.3 Å². The van der Waals surface area contributed by atoms with Gasteiger partial charge >= 0.3 is 0 Å². The second-order valence-corrected chi connectivity index (χ2v) is 7.63. The highest BCUT2D eigenvalue weighted by atomic mass is 35.5. The minimum atomic E-state index is -0.151. The quantitative estimate of drug-likeness (QED) is 0.574. The summed E-state index contributed by atoms with van der Waals surface area (Å²) in [6, 6.07) is 10.7. The van der Waals surface area contributed by atoms with E-state index < -0.39 is 0 Å². The first-order valence-corrected chi connectivity index (χ1v) is 10.0. The fraction of sp³-hybridized carbons (Fsp3) is 0.250. The molecule has 0 bridgehead atoms. The number of carbonyl (C=O) groups is 2. The van der Waals surface area contributed by atoms with Crippen molar-refractivity contribution >= 4 is 55.8 Å². The van der Waals surface area contributed by atoms with Crippen molar-refractivity contribution in [1.82, 2.24) is 4.98 Å². The van der Waals surface area contributed by atoms with Crippen LogP contribution in [0.15, 0.2) is 36.4 Å². The summed E-state index contributed by atoms with van der Waals surface area (Å²) in [6.45, 7) is 1.95. The number of amides is 2. The summed E-state index contributed by atoms with van der Waals surface area (Å²) in [5.41, 5.74) is 2.26. The van der Waals surface area contributed by atoms with Gasteiger partial charge in [-0.1, -0.05) is 35.9 Å². The lowest BCUT2D eigenvalue weighted by atomic mass is 10.1. The predicted molar refractivity (Wildman–Crippen MR) is 113 cm³/mol. The second kappa shape index (κ2) is 9.03. The third kappa shape index (κ3) is 4.99. The first-order valence-electron chi connectivity index (χ1n) is 8.81. The summed E-state index contributed by atoms with van der Waals surface area (Å²) in [4.78, 5) is 28.5. The fourth-order valence-corrected chi connectivity index (χ4v) is 3.88. The van der Waals surface area contributed by atoms with Crippen LogP contribution in [0.5, 0.6) is 5.75 Å². The van der Waals surface area contributed by atoms with Crippen molar-refractivity contribution in [2.75, 3.05) is 17.7 Å². The highest BCUT2D eigenvalue weighted by Gasteiger charge is 2.10. The van der Waals surface area contributed by atoms with Gasteiger partial charge < -0.3 is 15.4 Å². The van der Waals surface area contributed by atoms with Crippen LogP contribution in [-0.4, -0.2) is 23.9 Å². The molecule has 2 N–H and O–H groups in total. The Morgan fingerprint density at radius 1 is 1.14 bits per heavy atom. The largest absolute Gasteiger partial charge is 0.495 e. The maximum atomic E-state index is 12.4. The number of hydrogen-bond donors (Lipinski definition) is 2. The van der Waals surface area contributed by atoms with Gasteiger partial charge in [-0.25, -0.2) is 4.98 Å². The molecular formula is C20H20ClN3O3S. The lowest BCUT2D eigenvalue weighted by Crippen LogP contribution is -2.14. The summed E-state index contributed by atoms with van der Waals surface area (Å²) in [5.74, 6) is 0.359. The first-order chi connectivity index (χ1) is 13.5. The van der Waals surface area contributed by atoms with E-state index in [1.54, 1.807) is 18.2 Å². The number of rotatable bonds is 7. The van der Waals surface area contributed by atoms with Gasteiger partial charge in [0.05, 0.1) is 28.8 Å². The van der Waals surface area contributed by atoms with Crippen LogP contribution in [0.2, 0.25) is 5.02 Å². The molecule has 0 aliphatic rings. The molecule has 0 spiro atoms. The summed E-state index contributed by atoms with van der Waals surface area (Å²) in [7, 11) is 1.54. The summed E-state index contributed by atoms with van der Waals surface area (Å²) in [5, 5.41) is 6.64. The van der Waals surface area contributed by atoms with E-state index in [0.717, 1.165) is 22.2 Å². The molecule has 8 heteroatoms. The van der Waals surface area contributed by atoms with Gasteiger partial charge in [-0.15, -0.1) is 0 Å². The highest BCUT2D eigenvalue weighted by Crippen LogP contribution is 2.28. The molecule has 0 fully saturated rings. The Kier molecular flexibility index (Phi) is 6.49. The van der Waals surface area contributed by atoms with E-state index in [-0.39, 0.29) is 18.2 Å². The van der Waals surface area contributed by atoms with Gasteiger partial charge in [0.25, 0.3) is 0 Å². The first kappa shape index (κ1) is 20.1. The number of ether oxygens (including phenoxy) is 1. The Morgan fingerprint density at radius 2 is 1.96 bits per heavy atom. The fourth-order valence-electron chi connectivity index (χ4n) is 2.68. The lowest BCUT2D eigenvalue weighted by Gasteiger charge is -2.08. The van der Waals surface area contributed by atoms with E-state index in [0.29, 0.717) is 28.0 Å². The number of methoxy groups -OCH3 is 1. The maximum Gasteiger partial charge on any atom is 0.228 e. The van der Waals surface area contributed by atoms with E-state index in [1.807, 2.05) is 25.1 Å². The van der Waals surface area contributed by atoms with Crippen LogP contribution in [0.4, 0.5) is 10.8 Å². The van der Waals surface area contributed by atoms with Crippen LogP contribution >= 0.6 is 22.9 Å². The molecule has 146 valence electrons. The van der Waals surface area contributed by atoms with Gasteiger partial charge in [0, 0.05) is 12.1 Å². The average Bonchev–Trinajstić information content (AvgIpc) is 3.03. The Morgan fingerprint density at radius 3 is 2.68 bits per heavy atom. The molecule has 0 radical (unpaired) electrons. The Labute approximate surface area is 171 Å². The summed E-state index contributed by atoms with van der Waals surface area (Å²) < 4.78 is 6.03. The SMILES string of the molecule is CCCC(=O)Nc1nc2ccc(CC(=O)Nc3ccc(OC)c(Cl)c3)cc2s1. The van der Waals surface area contributed by atoms with Crippen LogP contribution in [0.3, 0.4) is 0 Å². The molecule has 0 saturated carbocycles. The van der Waals surface area contributed by atoms with Crippen molar-refractivity contribution in [2.24, 2.45) is 0 Å². The molecule has 0 saturated heterocycles. The number of aromatic nitrogens is 1. The number of anilines is 2. The van der Waals surface area contributed by atoms with Crippen LogP contribution in [0.1, 0.15) is 25.3 Å². The van der Waals surface area contributed by atoms with Gasteiger partial charge in [-0.2, -0.15) is 0 Å². The van der Waals surface area contributed by atoms with E-state index in [4.69, 9.17) is 16.3 Å². The standard InChI is InChI=1S/C20H20ClN3O3S/c1-3-4-18(25)24-20-23-15-7-5-12(9-17(15)28-20)10-19(26)22-13-6-8-16(27-2)14(21)11-13/h5-9,11H,3-4,10H2,1-2H3,(H,22,26)(H,23,24,25). The zero-order valence-corrected chi connectivity index (χ0v) is 17.1.